The maximum atomic E-state index is 13.6. The number of benzene rings is 1. The highest BCUT2D eigenvalue weighted by atomic mass is 32.2. The van der Waals surface area contributed by atoms with E-state index < -0.39 is 5.82 Å². The Hall–Kier alpha value is -1.82. The Morgan fingerprint density at radius 1 is 1.50 bits per heavy atom. The first-order valence-corrected chi connectivity index (χ1v) is 5.20. The molecule has 16 heavy (non-hydrogen) atoms. The Balaban J connectivity index is 2.26. The number of nitrogens with one attached hydrogen (secondary N) is 1. The summed E-state index contributed by atoms with van der Waals surface area (Å²) in [6.07, 6.45) is 2.91. The Morgan fingerprint density at radius 2 is 2.31 bits per heavy atom. The number of halogens is 1. The summed E-state index contributed by atoms with van der Waals surface area (Å²) >= 11 is 1.08. The molecular weight excluding hydrogens is 229 g/mol. The molecule has 82 valence electrons. The molecule has 2 aromatic rings. The van der Waals surface area contributed by atoms with E-state index >= 15 is 0 Å². The maximum Gasteiger partial charge on any atom is 0.260 e. The number of nitrogens with two attached hydrogens (primary N) is 1. The van der Waals surface area contributed by atoms with E-state index in [1.54, 1.807) is 12.1 Å². The van der Waals surface area contributed by atoms with E-state index in [4.69, 9.17) is 15.6 Å². The molecule has 1 aromatic heterocycles. The van der Waals surface area contributed by atoms with Gasteiger partial charge in [-0.1, -0.05) is 0 Å². The number of nitrogen functional groups attached to an aromatic ring is 1. The summed E-state index contributed by atoms with van der Waals surface area (Å²) in [6, 6.07) is 4.34. The van der Waals surface area contributed by atoms with Gasteiger partial charge in [-0.15, -0.1) is 0 Å². The van der Waals surface area contributed by atoms with Crippen LogP contribution in [0.1, 0.15) is 5.56 Å². The van der Waals surface area contributed by atoms with Crippen molar-refractivity contribution in [3.8, 4) is 0 Å². The maximum absolute atomic E-state index is 13.6. The molecule has 0 bridgehead atoms. The fourth-order valence-corrected chi connectivity index (χ4v) is 1.80. The van der Waals surface area contributed by atoms with Crippen molar-refractivity contribution in [3.63, 3.8) is 0 Å². The topological polar surface area (TPSA) is 75.9 Å². The van der Waals surface area contributed by atoms with Gasteiger partial charge in [0.15, 0.2) is 0 Å². The largest absolute Gasteiger partial charge is 0.440 e. The van der Waals surface area contributed by atoms with Crippen LogP contribution in [0.15, 0.2) is 45.2 Å². The molecule has 1 aromatic carbocycles. The smallest absolute Gasteiger partial charge is 0.260 e. The molecule has 0 amide bonds. The first kappa shape index (κ1) is 10.7. The lowest BCUT2D eigenvalue weighted by molar-refractivity contribution is 0.453. The van der Waals surface area contributed by atoms with Crippen LogP contribution in [0.2, 0.25) is 0 Å². The molecule has 1 heterocycles. The first-order chi connectivity index (χ1) is 7.66. The van der Waals surface area contributed by atoms with Gasteiger partial charge in [-0.25, -0.2) is 9.37 Å². The molecule has 4 nitrogen and oxygen atoms in total. The minimum absolute atomic E-state index is 0.161. The second-order valence-corrected chi connectivity index (χ2v) is 3.95. The predicted molar refractivity (Wildman–Crippen MR) is 58.0 cm³/mol. The molecule has 0 aliphatic carbocycles. The minimum Gasteiger partial charge on any atom is -0.440 e. The van der Waals surface area contributed by atoms with Gasteiger partial charge in [0.05, 0.1) is 11.1 Å². The van der Waals surface area contributed by atoms with Crippen LogP contribution in [-0.4, -0.2) is 10.8 Å². The van der Waals surface area contributed by atoms with Gasteiger partial charge in [0.2, 0.25) is 0 Å². The predicted octanol–water partition coefficient (Wildman–Crippen LogP) is 2.25. The zero-order valence-corrected chi connectivity index (χ0v) is 8.92. The molecule has 0 fully saturated rings. The lowest BCUT2D eigenvalue weighted by atomic mass is 10.2. The van der Waals surface area contributed by atoms with E-state index in [9.17, 15) is 4.39 Å². The van der Waals surface area contributed by atoms with Crippen LogP contribution in [0.5, 0.6) is 0 Å². The molecule has 0 aliphatic rings. The van der Waals surface area contributed by atoms with E-state index in [2.05, 4.69) is 4.98 Å². The zero-order valence-electron chi connectivity index (χ0n) is 8.11. The first-order valence-electron chi connectivity index (χ1n) is 4.38. The molecule has 0 unspecified atom stereocenters. The third kappa shape index (κ3) is 2.22. The van der Waals surface area contributed by atoms with Crippen LogP contribution >= 0.6 is 11.8 Å². The summed E-state index contributed by atoms with van der Waals surface area (Å²) in [5, 5.41) is 7.54. The molecular formula is C10H8FN3OS. The van der Waals surface area contributed by atoms with Crippen molar-refractivity contribution in [2.45, 2.75) is 10.1 Å². The van der Waals surface area contributed by atoms with Gasteiger partial charge in [0.1, 0.15) is 17.9 Å². The van der Waals surface area contributed by atoms with E-state index in [-0.39, 0.29) is 5.84 Å². The number of aromatic nitrogens is 1. The van der Waals surface area contributed by atoms with E-state index in [0.29, 0.717) is 15.7 Å². The summed E-state index contributed by atoms with van der Waals surface area (Å²) in [5.74, 6) is -0.609. The lowest BCUT2D eigenvalue weighted by Gasteiger charge is -2.02. The van der Waals surface area contributed by atoms with Crippen LogP contribution < -0.4 is 5.73 Å². The van der Waals surface area contributed by atoms with Crippen molar-refractivity contribution in [2.75, 3.05) is 0 Å². The molecule has 0 radical (unpaired) electrons. The second kappa shape index (κ2) is 4.36. The van der Waals surface area contributed by atoms with Crippen molar-refractivity contribution in [3.05, 3.63) is 42.0 Å². The van der Waals surface area contributed by atoms with E-state index in [1.807, 2.05) is 0 Å². The number of amidine groups is 1. The van der Waals surface area contributed by atoms with Crippen LogP contribution in [0.25, 0.3) is 0 Å². The Kier molecular flexibility index (Phi) is 2.91. The summed E-state index contributed by atoms with van der Waals surface area (Å²) in [4.78, 5) is 4.25. The molecule has 0 spiro atoms. The van der Waals surface area contributed by atoms with Gasteiger partial charge in [0, 0.05) is 5.56 Å². The van der Waals surface area contributed by atoms with Crippen LogP contribution in [-0.2, 0) is 0 Å². The number of nitrogens with zero attached hydrogens (tertiary/aromatic N) is 1. The van der Waals surface area contributed by atoms with E-state index in [1.165, 1.54) is 18.5 Å². The molecule has 2 rings (SSSR count). The normalized spacial score (nSPS) is 10.3. The monoisotopic (exact) mass is 237 g/mol. The Morgan fingerprint density at radius 3 is 2.88 bits per heavy atom. The summed E-state index contributed by atoms with van der Waals surface area (Å²) in [7, 11) is 0. The minimum atomic E-state index is -0.448. The standard InChI is InChI=1S/C10H8FN3OS/c11-7-5-6(9(12)13)1-2-8(7)16-10-14-3-4-15-10/h1-5H,(H3,12,13). The highest BCUT2D eigenvalue weighted by Gasteiger charge is 2.09. The number of hydrogen-bond donors (Lipinski definition) is 2. The number of hydrogen-bond acceptors (Lipinski definition) is 4. The van der Waals surface area contributed by atoms with Gasteiger partial charge in [-0.2, -0.15) is 0 Å². The highest BCUT2D eigenvalue weighted by Crippen LogP contribution is 2.28. The average molecular weight is 237 g/mol. The molecule has 0 saturated carbocycles. The molecule has 0 saturated heterocycles. The van der Waals surface area contributed by atoms with Crippen molar-refractivity contribution in [2.24, 2.45) is 5.73 Å². The van der Waals surface area contributed by atoms with Gasteiger partial charge in [0.25, 0.3) is 5.22 Å². The fourth-order valence-electron chi connectivity index (χ4n) is 1.11. The van der Waals surface area contributed by atoms with Gasteiger partial charge < -0.3 is 10.2 Å². The summed E-state index contributed by atoms with van der Waals surface area (Å²) < 4.78 is 18.5. The number of oxazole rings is 1. The van der Waals surface area contributed by atoms with Gasteiger partial charge in [-0.05, 0) is 30.0 Å². The van der Waals surface area contributed by atoms with Crippen molar-refractivity contribution in [1.29, 1.82) is 5.41 Å². The summed E-state index contributed by atoms with van der Waals surface area (Å²) in [6.45, 7) is 0. The third-order valence-electron chi connectivity index (χ3n) is 1.85. The lowest BCUT2D eigenvalue weighted by Crippen LogP contribution is -2.11. The third-order valence-corrected chi connectivity index (χ3v) is 2.78. The Bertz CT molecular complexity index is 513. The summed E-state index contributed by atoms with van der Waals surface area (Å²) in [5.41, 5.74) is 5.60. The van der Waals surface area contributed by atoms with Crippen LogP contribution in [0.4, 0.5) is 4.39 Å². The van der Waals surface area contributed by atoms with Gasteiger partial charge >= 0.3 is 0 Å². The molecule has 3 N–H and O–H groups in total. The van der Waals surface area contributed by atoms with Crippen molar-refractivity contribution >= 4 is 17.6 Å². The average Bonchev–Trinajstić information content (AvgIpc) is 2.73. The second-order valence-electron chi connectivity index (χ2n) is 2.96. The SMILES string of the molecule is N=C(N)c1ccc(Sc2ncco2)c(F)c1. The Labute approximate surface area is 95.2 Å². The molecule has 0 atom stereocenters. The van der Waals surface area contributed by atoms with Crippen LogP contribution in [0, 0.1) is 11.2 Å². The molecule has 6 heteroatoms. The number of rotatable bonds is 3. The highest BCUT2D eigenvalue weighted by molar-refractivity contribution is 7.99. The zero-order chi connectivity index (χ0) is 11.5. The van der Waals surface area contributed by atoms with Crippen LogP contribution in [0.3, 0.4) is 0 Å². The van der Waals surface area contributed by atoms with E-state index in [0.717, 1.165) is 11.8 Å². The van der Waals surface area contributed by atoms with Gasteiger partial charge in [-0.3, -0.25) is 5.41 Å². The quantitative estimate of drug-likeness (QED) is 0.634. The van der Waals surface area contributed by atoms with Crippen molar-refractivity contribution < 1.29 is 8.81 Å². The van der Waals surface area contributed by atoms with Crippen molar-refractivity contribution in [1.82, 2.24) is 4.98 Å². The molecule has 0 aliphatic heterocycles. The fraction of sp³-hybridized carbons (Fsp3) is 0.